The van der Waals surface area contributed by atoms with Crippen LogP contribution in [0.2, 0.25) is 0 Å². The van der Waals surface area contributed by atoms with Gasteiger partial charge in [0, 0.05) is 11.6 Å². The predicted octanol–water partition coefficient (Wildman–Crippen LogP) is 1.98. The Morgan fingerprint density at radius 2 is 1.88 bits per heavy atom. The third kappa shape index (κ3) is 2.49. The van der Waals surface area contributed by atoms with Gasteiger partial charge in [0.2, 0.25) is 0 Å². The normalized spacial score (nSPS) is 17.4. The minimum atomic E-state index is 0.461. The lowest BCUT2D eigenvalue weighted by atomic mass is 9.80. The van der Waals surface area contributed by atoms with Crippen molar-refractivity contribution in [3.63, 3.8) is 0 Å². The number of anilines is 2. The molecule has 0 bridgehead atoms. The molecule has 1 saturated carbocycles. The van der Waals surface area contributed by atoms with E-state index in [1.807, 2.05) is 13.8 Å². The number of nitrogens with one attached hydrogen (secondary N) is 2. The predicted molar refractivity (Wildman–Crippen MR) is 69.7 cm³/mol. The van der Waals surface area contributed by atoms with Gasteiger partial charge >= 0.3 is 0 Å². The molecule has 1 atom stereocenters. The second kappa shape index (κ2) is 4.87. The zero-order chi connectivity index (χ0) is 12.4. The van der Waals surface area contributed by atoms with E-state index in [1.165, 1.54) is 19.3 Å². The van der Waals surface area contributed by atoms with E-state index in [9.17, 15) is 0 Å². The smallest absolute Gasteiger partial charge is 0.148 e. The summed E-state index contributed by atoms with van der Waals surface area (Å²) in [5.74, 6) is 8.54. The summed E-state index contributed by atoms with van der Waals surface area (Å²) in [4.78, 5) is 8.70. The van der Waals surface area contributed by atoms with Crippen LogP contribution in [0.4, 0.5) is 11.6 Å². The fourth-order valence-electron chi connectivity index (χ4n) is 2.18. The van der Waals surface area contributed by atoms with Crippen LogP contribution in [0.15, 0.2) is 0 Å². The minimum absolute atomic E-state index is 0.461. The van der Waals surface area contributed by atoms with E-state index >= 15 is 0 Å². The summed E-state index contributed by atoms with van der Waals surface area (Å²) in [6.07, 6.45) is 3.99. The number of aromatic nitrogens is 2. The number of nitrogens with zero attached hydrogens (tertiary/aromatic N) is 2. The first-order valence-electron chi connectivity index (χ1n) is 6.20. The van der Waals surface area contributed by atoms with Gasteiger partial charge in [-0.1, -0.05) is 6.42 Å². The maximum absolute atomic E-state index is 5.45. The van der Waals surface area contributed by atoms with Crippen LogP contribution >= 0.6 is 0 Å². The second-order valence-corrected chi connectivity index (χ2v) is 4.86. The van der Waals surface area contributed by atoms with E-state index in [2.05, 4.69) is 27.6 Å². The maximum Gasteiger partial charge on any atom is 0.148 e. The third-order valence-electron chi connectivity index (χ3n) is 3.62. The SMILES string of the molecule is Cc1nc(NN)c(C)c(NC(C)C2CCC2)n1. The number of aryl methyl sites for hydroxylation is 1. The van der Waals surface area contributed by atoms with E-state index in [1.54, 1.807) is 0 Å². The quantitative estimate of drug-likeness (QED) is 0.549. The van der Waals surface area contributed by atoms with Crippen LogP contribution < -0.4 is 16.6 Å². The highest BCUT2D eigenvalue weighted by Gasteiger charge is 2.24. The summed E-state index contributed by atoms with van der Waals surface area (Å²) in [5.41, 5.74) is 3.59. The van der Waals surface area contributed by atoms with Crippen LogP contribution in [0, 0.1) is 19.8 Å². The second-order valence-electron chi connectivity index (χ2n) is 4.86. The number of hydrazine groups is 1. The molecule has 0 aromatic carbocycles. The molecule has 94 valence electrons. The highest BCUT2D eigenvalue weighted by molar-refractivity contribution is 5.57. The van der Waals surface area contributed by atoms with Gasteiger partial charge in [0.05, 0.1) is 0 Å². The molecule has 0 saturated heterocycles. The highest BCUT2D eigenvalue weighted by Crippen LogP contribution is 2.31. The molecule has 2 rings (SSSR count). The maximum atomic E-state index is 5.45. The molecule has 1 heterocycles. The van der Waals surface area contributed by atoms with Gasteiger partial charge in [0.1, 0.15) is 17.5 Å². The van der Waals surface area contributed by atoms with Crippen LogP contribution in [0.1, 0.15) is 37.6 Å². The van der Waals surface area contributed by atoms with Crippen molar-refractivity contribution in [1.82, 2.24) is 9.97 Å². The van der Waals surface area contributed by atoms with Crippen LogP contribution in [-0.4, -0.2) is 16.0 Å². The zero-order valence-corrected chi connectivity index (χ0v) is 10.7. The first-order valence-corrected chi connectivity index (χ1v) is 6.20. The molecular weight excluding hydrogens is 214 g/mol. The van der Waals surface area contributed by atoms with Gasteiger partial charge in [0.25, 0.3) is 0 Å². The average Bonchev–Trinajstić information content (AvgIpc) is 2.20. The lowest BCUT2D eigenvalue weighted by molar-refractivity contribution is 0.285. The summed E-state index contributed by atoms with van der Waals surface area (Å²) in [6, 6.07) is 0.461. The van der Waals surface area contributed by atoms with Gasteiger partial charge in [-0.05, 0) is 39.5 Å². The Labute approximate surface area is 102 Å². The lowest BCUT2D eigenvalue weighted by Crippen LogP contribution is -2.31. The van der Waals surface area contributed by atoms with E-state index in [0.29, 0.717) is 11.9 Å². The van der Waals surface area contributed by atoms with Gasteiger partial charge in [-0.15, -0.1) is 0 Å². The van der Waals surface area contributed by atoms with E-state index in [-0.39, 0.29) is 0 Å². The third-order valence-corrected chi connectivity index (χ3v) is 3.62. The fraction of sp³-hybridized carbons (Fsp3) is 0.667. The molecule has 1 aliphatic carbocycles. The summed E-state index contributed by atoms with van der Waals surface area (Å²) < 4.78 is 0. The largest absolute Gasteiger partial charge is 0.367 e. The van der Waals surface area contributed by atoms with Gasteiger partial charge in [-0.25, -0.2) is 15.8 Å². The van der Waals surface area contributed by atoms with E-state index in [4.69, 9.17) is 5.84 Å². The summed E-state index contributed by atoms with van der Waals surface area (Å²) >= 11 is 0. The van der Waals surface area contributed by atoms with Crippen molar-refractivity contribution in [1.29, 1.82) is 0 Å². The Hall–Kier alpha value is -1.36. The molecule has 0 amide bonds. The molecular formula is C12H21N5. The van der Waals surface area contributed by atoms with Crippen LogP contribution in [0.25, 0.3) is 0 Å². The zero-order valence-electron chi connectivity index (χ0n) is 10.7. The van der Waals surface area contributed by atoms with Crippen molar-refractivity contribution in [2.24, 2.45) is 11.8 Å². The Kier molecular flexibility index (Phi) is 3.47. The molecule has 1 aromatic heterocycles. The number of hydrogen-bond acceptors (Lipinski definition) is 5. The molecule has 1 fully saturated rings. The average molecular weight is 235 g/mol. The van der Waals surface area contributed by atoms with Crippen molar-refractivity contribution in [2.45, 2.75) is 46.1 Å². The first-order chi connectivity index (χ1) is 8.11. The van der Waals surface area contributed by atoms with Gasteiger partial charge in [-0.2, -0.15) is 0 Å². The molecule has 0 aliphatic heterocycles. The molecule has 0 radical (unpaired) electrons. The molecule has 1 aromatic rings. The molecule has 1 aliphatic rings. The first kappa shape index (κ1) is 12.1. The number of rotatable bonds is 4. The summed E-state index contributed by atoms with van der Waals surface area (Å²) in [6.45, 7) is 6.07. The van der Waals surface area contributed by atoms with Crippen LogP contribution in [-0.2, 0) is 0 Å². The van der Waals surface area contributed by atoms with E-state index in [0.717, 1.165) is 23.1 Å². The highest BCUT2D eigenvalue weighted by atomic mass is 15.3. The number of hydrogen-bond donors (Lipinski definition) is 3. The lowest BCUT2D eigenvalue weighted by Gasteiger charge is -2.32. The van der Waals surface area contributed by atoms with Gasteiger partial charge in [-0.3, -0.25) is 0 Å². The molecule has 0 spiro atoms. The van der Waals surface area contributed by atoms with Crippen LogP contribution in [0.5, 0.6) is 0 Å². The Morgan fingerprint density at radius 3 is 2.41 bits per heavy atom. The standard InChI is InChI=1S/C12H21N5/c1-7-11(14-8(2)10-5-4-6-10)15-9(3)16-12(7)17-13/h8,10H,4-6,13H2,1-3H3,(H2,14,15,16,17). The van der Waals surface area contributed by atoms with Crippen molar-refractivity contribution < 1.29 is 0 Å². The fourth-order valence-corrected chi connectivity index (χ4v) is 2.18. The van der Waals surface area contributed by atoms with E-state index < -0.39 is 0 Å². The number of nitrogens with two attached hydrogens (primary N) is 1. The molecule has 17 heavy (non-hydrogen) atoms. The molecule has 5 nitrogen and oxygen atoms in total. The summed E-state index contributed by atoms with van der Waals surface area (Å²) in [7, 11) is 0. The van der Waals surface area contributed by atoms with Crippen molar-refractivity contribution in [3.8, 4) is 0 Å². The molecule has 1 unspecified atom stereocenters. The minimum Gasteiger partial charge on any atom is -0.367 e. The molecule has 4 N–H and O–H groups in total. The monoisotopic (exact) mass is 235 g/mol. The van der Waals surface area contributed by atoms with Gasteiger partial charge in [0.15, 0.2) is 0 Å². The number of nitrogen functional groups attached to an aromatic ring is 1. The summed E-state index contributed by atoms with van der Waals surface area (Å²) in [5, 5.41) is 3.48. The topological polar surface area (TPSA) is 75.9 Å². The van der Waals surface area contributed by atoms with Crippen molar-refractivity contribution in [3.05, 3.63) is 11.4 Å². The van der Waals surface area contributed by atoms with Crippen LogP contribution in [0.3, 0.4) is 0 Å². The Bertz CT molecular complexity index is 400. The van der Waals surface area contributed by atoms with Crippen molar-refractivity contribution >= 4 is 11.6 Å². The Balaban J connectivity index is 2.16. The van der Waals surface area contributed by atoms with Gasteiger partial charge < -0.3 is 10.7 Å². The Morgan fingerprint density at radius 1 is 1.24 bits per heavy atom. The molecule has 5 heteroatoms. The van der Waals surface area contributed by atoms with Crippen molar-refractivity contribution in [2.75, 3.05) is 10.7 Å².